The number of hydrogen-bond acceptors (Lipinski definition) is 5. The van der Waals surface area contributed by atoms with Crippen molar-refractivity contribution in [2.75, 3.05) is 20.0 Å². The Bertz CT molecular complexity index is 589. The molecule has 0 saturated carbocycles. The number of pyridine rings is 1. The van der Waals surface area contributed by atoms with Crippen LogP contribution < -0.4 is 15.2 Å². The highest BCUT2D eigenvalue weighted by Gasteiger charge is 2.15. The minimum atomic E-state index is -0.268. The van der Waals surface area contributed by atoms with Gasteiger partial charge in [0.25, 0.3) is 0 Å². The first-order valence-corrected chi connectivity index (χ1v) is 5.64. The van der Waals surface area contributed by atoms with Gasteiger partial charge in [0.15, 0.2) is 0 Å². The average molecular weight is 258 g/mol. The molecule has 0 atom stereocenters. The molecule has 5 nitrogen and oxygen atoms in total. The highest BCUT2D eigenvalue weighted by molar-refractivity contribution is 6.11. The molecule has 98 valence electrons. The van der Waals surface area contributed by atoms with Crippen molar-refractivity contribution in [3.05, 3.63) is 47.8 Å². The maximum Gasteiger partial charge on any atom is 0.213 e. The summed E-state index contributed by atoms with van der Waals surface area (Å²) in [7, 11) is 3.05. The van der Waals surface area contributed by atoms with Crippen molar-refractivity contribution in [1.82, 2.24) is 4.98 Å². The molecule has 2 rings (SSSR count). The van der Waals surface area contributed by atoms with Crippen LogP contribution in [0.15, 0.2) is 36.5 Å². The number of rotatable bonds is 4. The van der Waals surface area contributed by atoms with Crippen molar-refractivity contribution in [2.45, 2.75) is 0 Å². The van der Waals surface area contributed by atoms with E-state index in [0.717, 1.165) is 0 Å². The zero-order valence-electron chi connectivity index (χ0n) is 10.7. The number of nitrogens with zero attached hydrogens (tertiary/aromatic N) is 1. The SMILES string of the molecule is COc1cc(OC)cc(C(=O)c2ncccc2N)c1. The first kappa shape index (κ1) is 12.9. The Morgan fingerprint density at radius 2 is 1.79 bits per heavy atom. The smallest absolute Gasteiger partial charge is 0.213 e. The fourth-order valence-corrected chi connectivity index (χ4v) is 1.68. The number of methoxy groups -OCH3 is 2. The summed E-state index contributed by atoms with van der Waals surface area (Å²) in [5.74, 6) is 0.810. The normalized spacial score (nSPS) is 10.0. The van der Waals surface area contributed by atoms with E-state index in [1.807, 2.05) is 0 Å². The van der Waals surface area contributed by atoms with Crippen LogP contribution >= 0.6 is 0 Å². The third-order valence-electron chi connectivity index (χ3n) is 2.67. The van der Waals surface area contributed by atoms with E-state index in [-0.39, 0.29) is 11.5 Å². The fraction of sp³-hybridized carbons (Fsp3) is 0.143. The second-order valence-electron chi connectivity index (χ2n) is 3.87. The molecule has 0 spiro atoms. The van der Waals surface area contributed by atoms with E-state index >= 15 is 0 Å². The summed E-state index contributed by atoms with van der Waals surface area (Å²) < 4.78 is 10.3. The average Bonchev–Trinajstić information content (AvgIpc) is 2.46. The monoisotopic (exact) mass is 258 g/mol. The number of aromatic nitrogens is 1. The first-order chi connectivity index (χ1) is 9.15. The van der Waals surface area contributed by atoms with Gasteiger partial charge in [-0.05, 0) is 24.3 Å². The second kappa shape index (κ2) is 5.39. The van der Waals surface area contributed by atoms with Crippen LogP contribution in [0.3, 0.4) is 0 Å². The van der Waals surface area contributed by atoms with Crippen molar-refractivity contribution in [1.29, 1.82) is 0 Å². The summed E-state index contributed by atoms with van der Waals surface area (Å²) in [5.41, 5.74) is 6.73. The Balaban J connectivity index is 2.47. The van der Waals surface area contributed by atoms with Crippen LogP contribution in [0, 0.1) is 0 Å². The molecular weight excluding hydrogens is 244 g/mol. The first-order valence-electron chi connectivity index (χ1n) is 5.64. The quantitative estimate of drug-likeness (QED) is 0.848. The van der Waals surface area contributed by atoms with Gasteiger partial charge < -0.3 is 15.2 Å². The van der Waals surface area contributed by atoms with E-state index in [1.165, 1.54) is 20.4 Å². The molecule has 0 amide bonds. The lowest BCUT2D eigenvalue weighted by atomic mass is 10.1. The molecule has 0 aliphatic rings. The number of carbonyl (C=O) groups excluding carboxylic acids is 1. The van der Waals surface area contributed by atoms with Crippen LogP contribution in [-0.4, -0.2) is 25.0 Å². The summed E-state index contributed by atoms with van der Waals surface area (Å²) >= 11 is 0. The lowest BCUT2D eigenvalue weighted by molar-refractivity contribution is 0.103. The van der Waals surface area contributed by atoms with E-state index in [9.17, 15) is 4.79 Å². The maximum atomic E-state index is 12.3. The number of benzene rings is 1. The van der Waals surface area contributed by atoms with Gasteiger partial charge in [-0.15, -0.1) is 0 Å². The predicted molar refractivity (Wildman–Crippen MR) is 71.6 cm³/mol. The molecule has 2 aromatic rings. The lowest BCUT2D eigenvalue weighted by Gasteiger charge is -2.08. The maximum absolute atomic E-state index is 12.3. The summed E-state index contributed by atoms with van der Waals surface area (Å²) in [6, 6.07) is 8.26. The molecule has 0 radical (unpaired) electrons. The molecule has 0 bridgehead atoms. The van der Waals surface area contributed by atoms with Gasteiger partial charge >= 0.3 is 0 Å². The molecular formula is C14H14N2O3. The number of anilines is 1. The van der Waals surface area contributed by atoms with Gasteiger partial charge in [-0.25, -0.2) is 0 Å². The Morgan fingerprint density at radius 3 is 2.32 bits per heavy atom. The topological polar surface area (TPSA) is 74.4 Å². The minimum Gasteiger partial charge on any atom is -0.497 e. The number of ketones is 1. The third-order valence-corrected chi connectivity index (χ3v) is 2.67. The van der Waals surface area contributed by atoms with Crippen LogP contribution in [0.25, 0.3) is 0 Å². The molecule has 1 aromatic carbocycles. The van der Waals surface area contributed by atoms with Gasteiger partial charge in [0.2, 0.25) is 5.78 Å². The largest absolute Gasteiger partial charge is 0.497 e. The lowest BCUT2D eigenvalue weighted by Crippen LogP contribution is -2.08. The fourth-order valence-electron chi connectivity index (χ4n) is 1.68. The van der Waals surface area contributed by atoms with Gasteiger partial charge in [0.05, 0.1) is 19.9 Å². The molecule has 5 heteroatoms. The standard InChI is InChI=1S/C14H14N2O3/c1-18-10-6-9(7-11(8-10)19-2)14(17)13-12(15)4-3-5-16-13/h3-8H,15H2,1-2H3. The van der Waals surface area contributed by atoms with Crippen LogP contribution in [0.4, 0.5) is 5.69 Å². The highest BCUT2D eigenvalue weighted by atomic mass is 16.5. The summed E-state index contributed by atoms with van der Waals surface area (Å²) in [4.78, 5) is 16.4. The van der Waals surface area contributed by atoms with Crippen molar-refractivity contribution in [3.8, 4) is 11.5 Å². The Morgan fingerprint density at radius 1 is 1.16 bits per heavy atom. The van der Waals surface area contributed by atoms with Gasteiger partial charge in [0.1, 0.15) is 17.2 Å². The number of hydrogen-bond donors (Lipinski definition) is 1. The van der Waals surface area contributed by atoms with E-state index in [1.54, 1.807) is 30.3 Å². The molecule has 1 aromatic heterocycles. The predicted octanol–water partition coefficient (Wildman–Crippen LogP) is 1.91. The number of nitrogens with two attached hydrogens (primary N) is 1. The number of carbonyl (C=O) groups is 1. The van der Waals surface area contributed by atoms with Crippen LogP contribution in [0.5, 0.6) is 11.5 Å². The van der Waals surface area contributed by atoms with E-state index in [0.29, 0.717) is 22.7 Å². The zero-order valence-corrected chi connectivity index (χ0v) is 10.7. The van der Waals surface area contributed by atoms with Crippen molar-refractivity contribution < 1.29 is 14.3 Å². The Hall–Kier alpha value is -2.56. The highest BCUT2D eigenvalue weighted by Crippen LogP contribution is 2.24. The van der Waals surface area contributed by atoms with Gasteiger partial charge in [-0.2, -0.15) is 0 Å². The zero-order chi connectivity index (χ0) is 13.8. The molecule has 0 aliphatic carbocycles. The molecule has 0 saturated heterocycles. The van der Waals surface area contributed by atoms with Crippen molar-refractivity contribution >= 4 is 11.5 Å². The number of nitrogen functional groups attached to an aromatic ring is 1. The second-order valence-corrected chi connectivity index (χ2v) is 3.87. The van der Waals surface area contributed by atoms with Crippen LogP contribution in [0.1, 0.15) is 16.1 Å². The molecule has 2 N–H and O–H groups in total. The van der Waals surface area contributed by atoms with E-state index in [2.05, 4.69) is 4.98 Å². The van der Waals surface area contributed by atoms with Gasteiger partial charge in [-0.1, -0.05) is 0 Å². The summed E-state index contributed by atoms with van der Waals surface area (Å²) in [5, 5.41) is 0. The third kappa shape index (κ3) is 2.65. The van der Waals surface area contributed by atoms with Gasteiger partial charge in [0, 0.05) is 17.8 Å². The molecule has 19 heavy (non-hydrogen) atoms. The molecule has 0 aliphatic heterocycles. The summed E-state index contributed by atoms with van der Waals surface area (Å²) in [6.07, 6.45) is 1.53. The van der Waals surface area contributed by atoms with Crippen molar-refractivity contribution in [3.63, 3.8) is 0 Å². The van der Waals surface area contributed by atoms with Crippen LogP contribution in [0.2, 0.25) is 0 Å². The van der Waals surface area contributed by atoms with E-state index in [4.69, 9.17) is 15.2 Å². The van der Waals surface area contributed by atoms with Gasteiger partial charge in [-0.3, -0.25) is 9.78 Å². The molecule has 0 unspecified atom stereocenters. The Labute approximate surface area is 111 Å². The van der Waals surface area contributed by atoms with Crippen molar-refractivity contribution in [2.24, 2.45) is 0 Å². The molecule has 0 fully saturated rings. The van der Waals surface area contributed by atoms with Crippen LogP contribution in [-0.2, 0) is 0 Å². The molecule has 1 heterocycles. The van der Waals surface area contributed by atoms with E-state index < -0.39 is 0 Å². The summed E-state index contributed by atoms with van der Waals surface area (Å²) in [6.45, 7) is 0. The number of ether oxygens (including phenoxy) is 2. The minimum absolute atomic E-state index is 0.220. The Kier molecular flexibility index (Phi) is 3.66.